The summed E-state index contributed by atoms with van der Waals surface area (Å²) in [4.78, 5) is 10.5. The van der Waals surface area contributed by atoms with Crippen molar-refractivity contribution in [2.45, 2.75) is 33.0 Å². The van der Waals surface area contributed by atoms with E-state index in [4.69, 9.17) is 0 Å². The maximum atomic E-state index is 12.5. The third-order valence-electron chi connectivity index (χ3n) is 3.01. The Balaban J connectivity index is 0.00000312. The van der Waals surface area contributed by atoms with Crippen LogP contribution in [0.5, 0.6) is 0 Å². The molecule has 0 fully saturated rings. The van der Waals surface area contributed by atoms with Crippen molar-refractivity contribution in [3.05, 3.63) is 38.0 Å². The first-order chi connectivity index (χ1) is 11.4. The van der Waals surface area contributed by atoms with E-state index < -0.39 is 11.9 Å². The van der Waals surface area contributed by atoms with Crippen molar-refractivity contribution in [1.29, 1.82) is 0 Å². The van der Waals surface area contributed by atoms with E-state index in [9.17, 15) is 13.2 Å². The van der Waals surface area contributed by atoms with Gasteiger partial charge in [-0.15, -0.1) is 46.7 Å². The molecule has 140 valence electrons. The molecule has 10 heteroatoms. The van der Waals surface area contributed by atoms with E-state index in [0.717, 1.165) is 16.7 Å². The van der Waals surface area contributed by atoms with Crippen LogP contribution in [0.2, 0.25) is 0 Å². The van der Waals surface area contributed by atoms with Crippen LogP contribution in [0.1, 0.15) is 27.4 Å². The summed E-state index contributed by atoms with van der Waals surface area (Å²) >= 11 is 2.72. The smallest absolute Gasteiger partial charge is 0.357 e. The molecule has 2 aromatic heterocycles. The monoisotopic (exact) mass is 504 g/mol. The van der Waals surface area contributed by atoms with E-state index in [-0.39, 0.29) is 24.0 Å². The first-order valence-corrected chi connectivity index (χ1v) is 9.17. The number of halogens is 4. The highest BCUT2D eigenvalue weighted by Crippen LogP contribution is 2.29. The number of hydrogen-bond acceptors (Lipinski definition) is 4. The van der Waals surface area contributed by atoms with Crippen LogP contribution in [0.4, 0.5) is 13.2 Å². The Hall–Kier alpha value is -0.880. The number of aromatic nitrogens is 1. The van der Waals surface area contributed by atoms with Crippen LogP contribution in [0.3, 0.4) is 0 Å². The Morgan fingerprint density at radius 3 is 2.60 bits per heavy atom. The van der Waals surface area contributed by atoms with Crippen molar-refractivity contribution in [3.8, 4) is 0 Å². The zero-order valence-electron chi connectivity index (χ0n) is 13.8. The molecular weight excluding hydrogens is 484 g/mol. The predicted octanol–water partition coefficient (Wildman–Crippen LogP) is 4.45. The molecule has 0 unspecified atom stereocenters. The number of hydrogen-bond donors (Lipinski definition) is 2. The summed E-state index contributed by atoms with van der Waals surface area (Å²) in [6, 6.07) is 4.10. The van der Waals surface area contributed by atoms with Gasteiger partial charge in [0.15, 0.2) is 11.7 Å². The Labute approximate surface area is 170 Å². The molecular formula is C15H20F3IN4S2. The fourth-order valence-corrected chi connectivity index (χ4v) is 3.53. The minimum atomic E-state index is -4.38. The first-order valence-electron chi connectivity index (χ1n) is 7.47. The quantitative estimate of drug-likeness (QED) is 0.348. The summed E-state index contributed by atoms with van der Waals surface area (Å²) in [5.74, 6) is 0.649. The molecule has 0 saturated heterocycles. The van der Waals surface area contributed by atoms with E-state index in [1.165, 1.54) is 9.75 Å². The molecule has 0 radical (unpaired) electrons. The molecule has 0 saturated carbocycles. The standard InChI is InChI=1S/C15H19F3N4S2.HI/c1-3-19-14(21-8-11-5-4-10(2)24-11)20-7-6-13-22-12(9-23-13)15(16,17)18;/h4-5,9H,3,6-8H2,1-2H3,(H2,19,20,21);1H. The van der Waals surface area contributed by atoms with Gasteiger partial charge in [-0.2, -0.15) is 13.2 Å². The molecule has 2 heterocycles. The van der Waals surface area contributed by atoms with E-state index >= 15 is 0 Å². The molecule has 2 aromatic rings. The zero-order chi connectivity index (χ0) is 17.6. The number of thiazole rings is 1. The molecule has 2 rings (SSSR count). The van der Waals surface area contributed by atoms with Crippen molar-refractivity contribution in [2.75, 3.05) is 13.1 Å². The zero-order valence-corrected chi connectivity index (χ0v) is 17.8. The summed E-state index contributed by atoms with van der Waals surface area (Å²) in [5.41, 5.74) is -0.823. The maximum absolute atomic E-state index is 12.5. The van der Waals surface area contributed by atoms with Crippen molar-refractivity contribution in [3.63, 3.8) is 0 Å². The first kappa shape index (κ1) is 22.2. The Morgan fingerprint density at radius 1 is 1.28 bits per heavy atom. The largest absolute Gasteiger partial charge is 0.434 e. The van der Waals surface area contributed by atoms with Gasteiger partial charge in [-0.25, -0.2) is 9.98 Å². The molecule has 4 nitrogen and oxygen atoms in total. The van der Waals surface area contributed by atoms with Crippen LogP contribution < -0.4 is 10.6 Å². The van der Waals surface area contributed by atoms with Gasteiger partial charge in [0.25, 0.3) is 0 Å². The number of rotatable bonds is 6. The molecule has 2 N–H and O–H groups in total. The van der Waals surface area contributed by atoms with Gasteiger partial charge >= 0.3 is 6.18 Å². The lowest BCUT2D eigenvalue weighted by molar-refractivity contribution is -0.140. The second kappa shape index (κ2) is 10.3. The molecule has 0 spiro atoms. The number of alkyl halides is 3. The molecule has 25 heavy (non-hydrogen) atoms. The number of guanidine groups is 1. The minimum Gasteiger partial charge on any atom is -0.357 e. The number of aliphatic imine (C=N–C) groups is 1. The molecule has 0 aromatic carbocycles. The molecule has 0 aliphatic heterocycles. The Morgan fingerprint density at radius 2 is 2.04 bits per heavy atom. The van der Waals surface area contributed by atoms with Crippen LogP contribution in [0, 0.1) is 6.92 Å². The summed E-state index contributed by atoms with van der Waals surface area (Å²) in [6.45, 7) is 5.77. The normalized spacial score (nSPS) is 12.0. The number of aryl methyl sites for hydroxylation is 1. The summed E-state index contributed by atoms with van der Waals surface area (Å²) in [5, 5.41) is 7.75. The second-order valence-corrected chi connectivity index (χ2v) is 7.32. The molecule has 0 bridgehead atoms. The molecule has 0 amide bonds. The van der Waals surface area contributed by atoms with Gasteiger partial charge in [0.2, 0.25) is 0 Å². The third-order valence-corrected chi connectivity index (χ3v) is 4.90. The van der Waals surface area contributed by atoms with Crippen LogP contribution in [-0.4, -0.2) is 24.0 Å². The van der Waals surface area contributed by atoms with E-state index in [1.807, 2.05) is 19.9 Å². The SMILES string of the molecule is CCNC(=NCc1ccc(C)s1)NCCc1nc(C(F)(F)F)cs1.I. The summed E-state index contributed by atoms with van der Waals surface area (Å²) < 4.78 is 37.5. The van der Waals surface area contributed by atoms with Crippen molar-refractivity contribution in [1.82, 2.24) is 15.6 Å². The molecule has 0 aliphatic carbocycles. The number of thiophene rings is 1. The van der Waals surface area contributed by atoms with E-state index in [0.29, 0.717) is 37.0 Å². The van der Waals surface area contributed by atoms with Gasteiger partial charge in [0, 0.05) is 34.6 Å². The summed E-state index contributed by atoms with van der Waals surface area (Å²) in [6.07, 6.45) is -3.96. The minimum absolute atomic E-state index is 0. The van der Waals surface area contributed by atoms with Gasteiger partial charge in [-0.3, -0.25) is 0 Å². The highest BCUT2D eigenvalue weighted by molar-refractivity contribution is 14.0. The average molecular weight is 504 g/mol. The fourth-order valence-electron chi connectivity index (χ4n) is 1.91. The van der Waals surface area contributed by atoms with Gasteiger partial charge in [-0.05, 0) is 26.0 Å². The summed E-state index contributed by atoms with van der Waals surface area (Å²) in [7, 11) is 0. The Bertz CT molecular complexity index is 682. The topological polar surface area (TPSA) is 49.3 Å². The van der Waals surface area contributed by atoms with E-state index in [1.54, 1.807) is 11.3 Å². The molecule has 0 atom stereocenters. The number of nitrogens with one attached hydrogen (secondary N) is 2. The molecule has 0 aliphatic rings. The van der Waals surface area contributed by atoms with E-state index in [2.05, 4.69) is 26.7 Å². The lowest BCUT2D eigenvalue weighted by atomic mass is 10.4. The van der Waals surface area contributed by atoms with Crippen molar-refractivity contribution >= 4 is 52.6 Å². The van der Waals surface area contributed by atoms with Crippen LogP contribution in [0.25, 0.3) is 0 Å². The fraction of sp³-hybridized carbons (Fsp3) is 0.467. The lowest BCUT2D eigenvalue weighted by Gasteiger charge is -2.10. The van der Waals surface area contributed by atoms with Crippen LogP contribution >= 0.6 is 46.7 Å². The van der Waals surface area contributed by atoms with Crippen LogP contribution in [0.15, 0.2) is 22.5 Å². The van der Waals surface area contributed by atoms with Gasteiger partial charge in [0.1, 0.15) is 0 Å². The highest BCUT2D eigenvalue weighted by atomic mass is 127. The second-order valence-electron chi connectivity index (χ2n) is 5.01. The third kappa shape index (κ3) is 7.48. The van der Waals surface area contributed by atoms with Crippen LogP contribution in [-0.2, 0) is 19.1 Å². The maximum Gasteiger partial charge on any atom is 0.434 e. The van der Waals surface area contributed by atoms with Gasteiger partial charge in [0.05, 0.1) is 11.6 Å². The number of nitrogens with zero attached hydrogens (tertiary/aromatic N) is 2. The lowest BCUT2D eigenvalue weighted by Crippen LogP contribution is -2.38. The average Bonchev–Trinajstić information content (AvgIpc) is 3.13. The predicted molar refractivity (Wildman–Crippen MR) is 108 cm³/mol. The Kier molecular flexibility index (Phi) is 9.14. The van der Waals surface area contributed by atoms with Gasteiger partial charge < -0.3 is 10.6 Å². The van der Waals surface area contributed by atoms with Crippen molar-refractivity contribution < 1.29 is 13.2 Å². The van der Waals surface area contributed by atoms with Crippen molar-refractivity contribution in [2.24, 2.45) is 4.99 Å². The van der Waals surface area contributed by atoms with Gasteiger partial charge in [-0.1, -0.05) is 0 Å². The highest BCUT2D eigenvalue weighted by Gasteiger charge is 2.33.